The minimum Gasteiger partial charge on any atom is -0.466 e. The highest BCUT2D eigenvalue weighted by atomic mass is 35.5. The van der Waals surface area contributed by atoms with E-state index in [1.807, 2.05) is 55.5 Å². The van der Waals surface area contributed by atoms with Crippen LogP contribution in [0.4, 0.5) is 0 Å². The maximum absolute atomic E-state index is 12.9. The molecule has 1 aliphatic rings. The van der Waals surface area contributed by atoms with Gasteiger partial charge in [0.2, 0.25) is 0 Å². The van der Waals surface area contributed by atoms with Crippen molar-refractivity contribution in [2.24, 2.45) is 5.41 Å². The van der Waals surface area contributed by atoms with Crippen LogP contribution in [0.25, 0.3) is 0 Å². The summed E-state index contributed by atoms with van der Waals surface area (Å²) < 4.78 is 5.45. The lowest BCUT2D eigenvalue weighted by molar-refractivity contribution is -0.158. The van der Waals surface area contributed by atoms with E-state index in [9.17, 15) is 9.59 Å². The molecule has 0 amide bonds. The minimum atomic E-state index is -0.543. The zero-order valence-corrected chi connectivity index (χ0v) is 17.9. The number of ether oxygens (including phenoxy) is 1. The summed E-state index contributed by atoms with van der Waals surface area (Å²) in [5.74, 6) is -0.0512. The fourth-order valence-corrected chi connectivity index (χ4v) is 4.23. The van der Waals surface area contributed by atoms with Gasteiger partial charge >= 0.3 is 5.97 Å². The molecule has 0 aliphatic carbocycles. The highest BCUT2D eigenvalue weighted by Crippen LogP contribution is 2.38. The Bertz CT molecular complexity index is 872. The number of benzene rings is 2. The Morgan fingerprint density at radius 1 is 1.10 bits per heavy atom. The number of hydrogen-bond donors (Lipinski definition) is 0. The van der Waals surface area contributed by atoms with Crippen LogP contribution < -0.4 is 0 Å². The number of likely N-dealkylation sites (tertiary alicyclic amines) is 1. The van der Waals surface area contributed by atoms with Crippen molar-refractivity contribution in [3.63, 3.8) is 0 Å². The lowest BCUT2D eigenvalue weighted by atomic mass is 9.73. The molecule has 1 saturated heterocycles. The molecule has 1 aliphatic heterocycles. The minimum absolute atomic E-state index is 0.0755. The number of halogens is 1. The molecule has 29 heavy (non-hydrogen) atoms. The number of Topliss-reactive ketones (excluding diaryl/α,β-unsaturated/α-hetero) is 1. The maximum atomic E-state index is 12.9. The van der Waals surface area contributed by atoms with Gasteiger partial charge in [0.1, 0.15) is 0 Å². The second-order valence-electron chi connectivity index (χ2n) is 7.80. The summed E-state index contributed by atoms with van der Waals surface area (Å²) in [5.41, 5.74) is 2.30. The van der Waals surface area contributed by atoms with Gasteiger partial charge < -0.3 is 4.74 Å². The summed E-state index contributed by atoms with van der Waals surface area (Å²) in [6.07, 6.45) is 2.05. The molecule has 0 aromatic heterocycles. The highest BCUT2D eigenvalue weighted by molar-refractivity contribution is 6.31. The average molecular weight is 414 g/mol. The number of piperidine rings is 1. The van der Waals surface area contributed by atoms with Crippen molar-refractivity contribution in [3.05, 3.63) is 70.2 Å². The molecule has 0 radical (unpaired) electrons. The Morgan fingerprint density at radius 2 is 1.83 bits per heavy atom. The molecule has 3 rings (SSSR count). The van der Waals surface area contributed by atoms with E-state index in [-0.39, 0.29) is 11.8 Å². The number of hydrogen-bond acceptors (Lipinski definition) is 4. The van der Waals surface area contributed by atoms with Crippen molar-refractivity contribution in [2.45, 2.75) is 39.7 Å². The van der Waals surface area contributed by atoms with E-state index in [0.717, 1.165) is 49.2 Å². The third-order valence-electron chi connectivity index (χ3n) is 5.75. The Labute approximate surface area is 177 Å². The molecule has 0 spiro atoms. The van der Waals surface area contributed by atoms with Gasteiger partial charge in [0.05, 0.1) is 12.0 Å². The van der Waals surface area contributed by atoms with Crippen LogP contribution >= 0.6 is 11.6 Å². The number of carbonyl (C=O) groups is 2. The van der Waals surface area contributed by atoms with E-state index in [1.54, 1.807) is 6.92 Å². The Morgan fingerprint density at radius 3 is 2.48 bits per heavy atom. The van der Waals surface area contributed by atoms with E-state index in [1.165, 1.54) is 0 Å². The molecule has 4 nitrogen and oxygen atoms in total. The van der Waals surface area contributed by atoms with Crippen LogP contribution in [0.5, 0.6) is 0 Å². The van der Waals surface area contributed by atoms with Crippen molar-refractivity contribution >= 4 is 23.4 Å². The maximum Gasteiger partial charge on any atom is 0.312 e. The number of carbonyl (C=O) groups excluding carboxylic acids is 2. The van der Waals surface area contributed by atoms with Gasteiger partial charge in [-0.15, -0.1) is 0 Å². The second-order valence-corrected chi connectivity index (χ2v) is 8.21. The molecule has 1 heterocycles. The van der Waals surface area contributed by atoms with Gasteiger partial charge in [0, 0.05) is 17.1 Å². The molecule has 5 heteroatoms. The number of esters is 1. The summed E-state index contributed by atoms with van der Waals surface area (Å²) >= 11 is 6.37. The largest absolute Gasteiger partial charge is 0.466 e. The highest BCUT2D eigenvalue weighted by Gasteiger charge is 2.43. The summed E-state index contributed by atoms with van der Waals surface area (Å²) in [4.78, 5) is 26.9. The molecular weight excluding hydrogens is 386 g/mol. The van der Waals surface area contributed by atoms with Crippen LogP contribution in [0, 0.1) is 5.41 Å². The number of ketones is 1. The van der Waals surface area contributed by atoms with Gasteiger partial charge in [0.25, 0.3) is 0 Å². The van der Waals surface area contributed by atoms with E-state index in [0.29, 0.717) is 18.1 Å². The first-order chi connectivity index (χ1) is 13.9. The quantitative estimate of drug-likeness (QED) is 0.477. The van der Waals surface area contributed by atoms with Crippen LogP contribution in [-0.2, 0) is 22.5 Å². The van der Waals surface area contributed by atoms with Crippen LogP contribution in [0.15, 0.2) is 48.5 Å². The topological polar surface area (TPSA) is 46.6 Å². The monoisotopic (exact) mass is 413 g/mol. The van der Waals surface area contributed by atoms with Crippen molar-refractivity contribution in [3.8, 4) is 0 Å². The summed E-state index contributed by atoms with van der Waals surface area (Å²) in [6.45, 7) is 6.18. The zero-order chi connectivity index (χ0) is 20.9. The van der Waals surface area contributed by atoms with Gasteiger partial charge in [-0.05, 0) is 69.5 Å². The van der Waals surface area contributed by atoms with Gasteiger partial charge in [-0.25, -0.2) is 0 Å². The van der Waals surface area contributed by atoms with Crippen LogP contribution in [0.2, 0.25) is 5.02 Å². The zero-order valence-electron chi connectivity index (χ0n) is 17.1. The first-order valence-corrected chi connectivity index (χ1v) is 10.5. The number of rotatable bonds is 7. The standard InChI is InChI=1S/C24H28ClNO3/c1-3-29-23(28)24(16-21-8-4-5-10-22(21)25)11-13-26(14-12-24)17-19-7-6-9-20(15-19)18(2)27/h4-10,15H,3,11-14,16-17H2,1-2H3. The fraction of sp³-hybridized carbons (Fsp3) is 0.417. The molecule has 0 bridgehead atoms. The predicted molar refractivity (Wildman–Crippen MR) is 115 cm³/mol. The molecule has 0 atom stereocenters. The average Bonchev–Trinajstić information content (AvgIpc) is 2.71. The second kappa shape index (κ2) is 9.55. The van der Waals surface area contributed by atoms with Crippen LogP contribution in [-0.4, -0.2) is 36.3 Å². The lowest BCUT2D eigenvalue weighted by Crippen LogP contribution is -2.46. The fourth-order valence-electron chi connectivity index (χ4n) is 4.03. The molecule has 2 aromatic carbocycles. The number of nitrogens with zero attached hydrogens (tertiary/aromatic N) is 1. The van der Waals surface area contributed by atoms with E-state index < -0.39 is 5.41 Å². The lowest BCUT2D eigenvalue weighted by Gasteiger charge is -2.40. The third kappa shape index (κ3) is 5.26. The van der Waals surface area contributed by atoms with Gasteiger partial charge in [-0.3, -0.25) is 14.5 Å². The van der Waals surface area contributed by atoms with E-state index in [2.05, 4.69) is 4.90 Å². The van der Waals surface area contributed by atoms with E-state index >= 15 is 0 Å². The van der Waals surface area contributed by atoms with Crippen LogP contribution in [0.3, 0.4) is 0 Å². The van der Waals surface area contributed by atoms with Crippen molar-refractivity contribution < 1.29 is 14.3 Å². The van der Waals surface area contributed by atoms with Crippen LogP contribution in [0.1, 0.15) is 48.2 Å². The first kappa shape index (κ1) is 21.5. The van der Waals surface area contributed by atoms with Gasteiger partial charge in [-0.1, -0.05) is 48.0 Å². The molecule has 1 fully saturated rings. The molecule has 0 unspecified atom stereocenters. The van der Waals surface area contributed by atoms with Gasteiger partial charge in [0.15, 0.2) is 5.78 Å². The summed E-state index contributed by atoms with van der Waals surface area (Å²) in [7, 11) is 0. The van der Waals surface area contributed by atoms with Crippen molar-refractivity contribution in [1.29, 1.82) is 0 Å². The third-order valence-corrected chi connectivity index (χ3v) is 6.12. The first-order valence-electron chi connectivity index (χ1n) is 10.2. The Balaban J connectivity index is 1.72. The molecule has 154 valence electrons. The van der Waals surface area contributed by atoms with Crippen molar-refractivity contribution in [1.82, 2.24) is 4.90 Å². The Kier molecular flexibility index (Phi) is 7.09. The summed E-state index contributed by atoms with van der Waals surface area (Å²) in [5, 5.41) is 0.694. The molecule has 0 saturated carbocycles. The normalized spacial score (nSPS) is 16.4. The molecule has 0 N–H and O–H groups in total. The molecule has 2 aromatic rings. The Hall–Kier alpha value is -2.17. The van der Waals surface area contributed by atoms with Gasteiger partial charge in [-0.2, -0.15) is 0 Å². The van der Waals surface area contributed by atoms with Crippen molar-refractivity contribution in [2.75, 3.05) is 19.7 Å². The summed E-state index contributed by atoms with van der Waals surface area (Å²) in [6, 6.07) is 15.5. The predicted octanol–water partition coefficient (Wildman–Crippen LogP) is 4.93. The smallest absolute Gasteiger partial charge is 0.312 e. The SMILES string of the molecule is CCOC(=O)C1(Cc2ccccc2Cl)CCN(Cc2cccc(C(C)=O)c2)CC1. The van der Waals surface area contributed by atoms with E-state index in [4.69, 9.17) is 16.3 Å². The molecular formula is C24H28ClNO3.